The maximum atomic E-state index is 12.0. The van der Waals surface area contributed by atoms with E-state index in [-0.39, 0.29) is 11.8 Å². The Morgan fingerprint density at radius 1 is 0.632 bits per heavy atom. The van der Waals surface area contributed by atoms with Crippen LogP contribution in [0.4, 0.5) is 0 Å². The van der Waals surface area contributed by atoms with Gasteiger partial charge in [0.1, 0.15) is 0 Å². The van der Waals surface area contributed by atoms with Crippen LogP contribution in [0, 0.1) is 0 Å². The number of carbonyl (C=O) groups excluding carboxylic acids is 2. The largest absolute Gasteiger partial charge is 0.343 e. The molecule has 0 aromatic rings. The SMILES string of the molecule is O=C(CCCC(=O)N1CCCCC1)N1CCCCC1. The molecule has 2 heterocycles. The van der Waals surface area contributed by atoms with Gasteiger partial charge < -0.3 is 9.80 Å². The smallest absolute Gasteiger partial charge is 0.222 e. The Kier molecular flexibility index (Phi) is 5.67. The number of amides is 2. The summed E-state index contributed by atoms with van der Waals surface area (Å²) in [5.74, 6) is 0.484. The van der Waals surface area contributed by atoms with Gasteiger partial charge in [-0.25, -0.2) is 0 Å². The van der Waals surface area contributed by atoms with E-state index >= 15 is 0 Å². The zero-order chi connectivity index (χ0) is 13.5. The average Bonchev–Trinajstić information content (AvgIpc) is 2.49. The lowest BCUT2D eigenvalue weighted by Crippen LogP contribution is -2.37. The second-order valence-electron chi connectivity index (χ2n) is 5.74. The standard InChI is InChI=1S/C15H26N2O2/c18-14(16-10-3-1-4-11-16)8-7-9-15(19)17-12-5-2-6-13-17/h1-13H2. The molecule has 4 heteroatoms. The number of hydrogen-bond acceptors (Lipinski definition) is 2. The van der Waals surface area contributed by atoms with Crippen molar-refractivity contribution >= 4 is 11.8 Å². The fourth-order valence-electron chi connectivity index (χ4n) is 2.99. The minimum Gasteiger partial charge on any atom is -0.343 e. The van der Waals surface area contributed by atoms with Crippen LogP contribution in [0.15, 0.2) is 0 Å². The Hall–Kier alpha value is -1.06. The fraction of sp³-hybridized carbons (Fsp3) is 0.867. The molecule has 2 aliphatic rings. The third-order valence-corrected chi connectivity index (χ3v) is 4.20. The number of nitrogens with zero attached hydrogens (tertiary/aromatic N) is 2. The predicted molar refractivity (Wildman–Crippen MR) is 74.7 cm³/mol. The lowest BCUT2D eigenvalue weighted by atomic mass is 10.1. The van der Waals surface area contributed by atoms with E-state index in [0.717, 1.165) is 51.9 Å². The van der Waals surface area contributed by atoms with Gasteiger partial charge in [-0.05, 0) is 44.9 Å². The normalized spacial score (nSPS) is 20.4. The van der Waals surface area contributed by atoms with E-state index in [1.165, 1.54) is 12.8 Å². The van der Waals surface area contributed by atoms with Gasteiger partial charge in [-0.3, -0.25) is 9.59 Å². The highest BCUT2D eigenvalue weighted by Gasteiger charge is 2.18. The molecule has 0 spiro atoms. The molecule has 0 bridgehead atoms. The molecule has 2 amide bonds. The highest BCUT2D eigenvalue weighted by atomic mass is 16.2. The average molecular weight is 266 g/mol. The van der Waals surface area contributed by atoms with Gasteiger partial charge in [0.15, 0.2) is 0 Å². The maximum Gasteiger partial charge on any atom is 0.222 e. The van der Waals surface area contributed by atoms with Crippen LogP contribution in [0.2, 0.25) is 0 Å². The molecular weight excluding hydrogens is 240 g/mol. The summed E-state index contributed by atoms with van der Waals surface area (Å²) in [6.45, 7) is 3.66. The summed E-state index contributed by atoms with van der Waals surface area (Å²) in [5, 5.41) is 0. The molecule has 0 atom stereocenters. The highest BCUT2D eigenvalue weighted by Crippen LogP contribution is 2.13. The first kappa shape index (κ1) is 14.4. The van der Waals surface area contributed by atoms with Crippen molar-refractivity contribution in [3.05, 3.63) is 0 Å². The Balaban J connectivity index is 1.62. The number of carbonyl (C=O) groups is 2. The minimum atomic E-state index is 0.242. The zero-order valence-corrected chi connectivity index (χ0v) is 11.9. The number of likely N-dealkylation sites (tertiary alicyclic amines) is 2. The fourth-order valence-corrected chi connectivity index (χ4v) is 2.99. The van der Waals surface area contributed by atoms with Gasteiger partial charge in [0.2, 0.25) is 11.8 Å². The van der Waals surface area contributed by atoms with Gasteiger partial charge in [0.25, 0.3) is 0 Å². The van der Waals surface area contributed by atoms with Gasteiger partial charge in [0.05, 0.1) is 0 Å². The molecule has 0 radical (unpaired) electrons. The summed E-state index contributed by atoms with van der Waals surface area (Å²) >= 11 is 0. The van der Waals surface area contributed by atoms with E-state index in [1.807, 2.05) is 9.80 Å². The first-order valence-corrected chi connectivity index (χ1v) is 7.83. The topological polar surface area (TPSA) is 40.6 Å². The molecule has 0 unspecified atom stereocenters. The van der Waals surface area contributed by atoms with Crippen molar-refractivity contribution in [1.82, 2.24) is 9.80 Å². The molecule has 2 rings (SSSR count). The van der Waals surface area contributed by atoms with Gasteiger partial charge in [-0.15, -0.1) is 0 Å². The van der Waals surface area contributed by atoms with Crippen molar-refractivity contribution in [3.8, 4) is 0 Å². The zero-order valence-electron chi connectivity index (χ0n) is 11.9. The molecule has 19 heavy (non-hydrogen) atoms. The second kappa shape index (κ2) is 7.51. The monoisotopic (exact) mass is 266 g/mol. The molecule has 2 fully saturated rings. The van der Waals surface area contributed by atoms with E-state index in [4.69, 9.17) is 0 Å². The Bertz CT molecular complexity index is 275. The lowest BCUT2D eigenvalue weighted by Gasteiger charge is -2.28. The molecular formula is C15H26N2O2. The van der Waals surface area contributed by atoms with E-state index < -0.39 is 0 Å². The van der Waals surface area contributed by atoms with Crippen molar-refractivity contribution in [3.63, 3.8) is 0 Å². The molecule has 0 aliphatic carbocycles. The van der Waals surface area contributed by atoms with Crippen LogP contribution in [0.25, 0.3) is 0 Å². The van der Waals surface area contributed by atoms with Gasteiger partial charge in [0, 0.05) is 39.0 Å². The highest BCUT2D eigenvalue weighted by molar-refractivity contribution is 5.79. The van der Waals surface area contributed by atoms with Crippen molar-refractivity contribution in [1.29, 1.82) is 0 Å². The van der Waals surface area contributed by atoms with E-state index in [2.05, 4.69) is 0 Å². The van der Waals surface area contributed by atoms with Crippen molar-refractivity contribution < 1.29 is 9.59 Å². The minimum absolute atomic E-state index is 0.242. The Morgan fingerprint density at radius 3 is 1.37 bits per heavy atom. The van der Waals surface area contributed by atoms with Crippen molar-refractivity contribution in [2.24, 2.45) is 0 Å². The molecule has 108 valence electrons. The molecule has 0 saturated carbocycles. The van der Waals surface area contributed by atoms with Crippen LogP contribution in [0.3, 0.4) is 0 Å². The summed E-state index contributed by atoms with van der Waals surface area (Å²) in [4.78, 5) is 27.8. The Labute approximate surface area is 116 Å². The van der Waals surface area contributed by atoms with E-state index in [0.29, 0.717) is 19.3 Å². The summed E-state index contributed by atoms with van der Waals surface area (Å²) in [5.41, 5.74) is 0. The summed E-state index contributed by atoms with van der Waals surface area (Å²) in [6.07, 6.45) is 8.84. The van der Waals surface area contributed by atoms with Gasteiger partial charge >= 0.3 is 0 Å². The summed E-state index contributed by atoms with van der Waals surface area (Å²) in [6, 6.07) is 0. The molecule has 0 aromatic heterocycles. The number of rotatable bonds is 4. The first-order chi connectivity index (χ1) is 9.27. The van der Waals surface area contributed by atoms with E-state index in [1.54, 1.807) is 0 Å². The lowest BCUT2D eigenvalue weighted by molar-refractivity contribution is -0.133. The summed E-state index contributed by atoms with van der Waals surface area (Å²) < 4.78 is 0. The molecule has 2 aliphatic heterocycles. The number of hydrogen-bond donors (Lipinski definition) is 0. The third kappa shape index (κ3) is 4.51. The first-order valence-electron chi connectivity index (χ1n) is 7.83. The van der Waals surface area contributed by atoms with Crippen LogP contribution >= 0.6 is 0 Å². The van der Waals surface area contributed by atoms with Crippen LogP contribution in [0.5, 0.6) is 0 Å². The van der Waals surface area contributed by atoms with Crippen molar-refractivity contribution in [2.45, 2.75) is 57.8 Å². The third-order valence-electron chi connectivity index (χ3n) is 4.20. The molecule has 4 nitrogen and oxygen atoms in total. The Morgan fingerprint density at radius 2 is 1.00 bits per heavy atom. The quantitative estimate of drug-likeness (QED) is 0.782. The van der Waals surface area contributed by atoms with Crippen LogP contribution in [-0.4, -0.2) is 47.8 Å². The number of piperidine rings is 2. The molecule has 2 saturated heterocycles. The maximum absolute atomic E-state index is 12.0. The van der Waals surface area contributed by atoms with Crippen LogP contribution in [0.1, 0.15) is 57.8 Å². The second-order valence-corrected chi connectivity index (χ2v) is 5.74. The summed E-state index contributed by atoms with van der Waals surface area (Å²) in [7, 11) is 0. The van der Waals surface area contributed by atoms with Crippen molar-refractivity contribution in [2.75, 3.05) is 26.2 Å². The molecule has 0 N–H and O–H groups in total. The van der Waals surface area contributed by atoms with Gasteiger partial charge in [-0.2, -0.15) is 0 Å². The molecule has 0 aromatic carbocycles. The van der Waals surface area contributed by atoms with Crippen LogP contribution in [-0.2, 0) is 9.59 Å². The van der Waals surface area contributed by atoms with Crippen LogP contribution < -0.4 is 0 Å². The van der Waals surface area contributed by atoms with Gasteiger partial charge in [-0.1, -0.05) is 0 Å². The predicted octanol–water partition coefficient (Wildman–Crippen LogP) is 2.18. The van der Waals surface area contributed by atoms with E-state index in [9.17, 15) is 9.59 Å².